The van der Waals surface area contributed by atoms with Crippen LogP contribution in [-0.4, -0.2) is 61.7 Å². The minimum Gasteiger partial charge on any atom is -0.357 e. The highest BCUT2D eigenvalue weighted by Crippen LogP contribution is 2.21. The molecule has 0 amide bonds. The Labute approximate surface area is 171 Å². The molecule has 1 atom stereocenters. The maximum atomic E-state index is 4.81. The maximum Gasteiger partial charge on any atom is 0.191 e. The summed E-state index contributed by atoms with van der Waals surface area (Å²) >= 11 is 0. The lowest BCUT2D eigenvalue weighted by Gasteiger charge is -2.33. The average Bonchev–Trinajstić information content (AvgIpc) is 2.65. The van der Waals surface area contributed by atoms with Gasteiger partial charge in [0.15, 0.2) is 5.96 Å². The number of rotatable bonds is 7. The van der Waals surface area contributed by atoms with Gasteiger partial charge in [0.2, 0.25) is 0 Å². The summed E-state index contributed by atoms with van der Waals surface area (Å²) in [6, 6.07) is 4.65. The molecule has 1 unspecified atom stereocenters. The highest BCUT2D eigenvalue weighted by molar-refractivity contribution is 5.80. The van der Waals surface area contributed by atoms with Crippen LogP contribution < -0.4 is 15.5 Å². The number of hydrogen-bond acceptors (Lipinski definition) is 4. The van der Waals surface area contributed by atoms with E-state index in [2.05, 4.69) is 79.2 Å². The van der Waals surface area contributed by atoms with Crippen molar-refractivity contribution in [2.75, 3.05) is 44.7 Å². The average molecular weight is 389 g/mol. The standard InChI is InChI=1S/C22H40N6/c1-7-23-21(26-18(2)8-10-22(3,4)5)25-17-19-9-11-24-20(16-19)28-14-12-27(6)13-15-28/h9,11,16,18H,7-8,10,12-15,17H2,1-6H3,(H2,23,25,26). The number of hydrogen-bond donors (Lipinski definition) is 2. The van der Waals surface area contributed by atoms with Gasteiger partial charge in [-0.25, -0.2) is 9.98 Å². The fourth-order valence-electron chi connectivity index (χ4n) is 3.21. The summed E-state index contributed by atoms with van der Waals surface area (Å²) in [4.78, 5) is 14.1. The zero-order chi connectivity index (χ0) is 20.6. The number of nitrogens with one attached hydrogen (secondary N) is 2. The van der Waals surface area contributed by atoms with Gasteiger partial charge in [-0.05, 0) is 56.8 Å². The number of nitrogens with zero attached hydrogens (tertiary/aromatic N) is 4. The highest BCUT2D eigenvalue weighted by atomic mass is 15.3. The van der Waals surface area contributed by atoms with Crippen LogP contribution in [0.3, 0.4) is 0 Å². The number of anilines is 1. The SMILES string of the molecule is CCNC(=NCc1ccnc(N2CCN(C)CC2)c1)NC(C)CCC(C)(C)C. The van der Waals surface area contributed by atoms with Gasteiger partial charge >= 0.3 is 0 Å². The Morgan fingerprint density at radius 3 is 2.61 bits per heavy atom. The summed E-state index contributed by atoms with van der Waals surface area (Å²) in [6.07, 6.45) is 4.24. The molecule has 2 rings (SSSR count). The summed E-state index contributed by atoms with van der Waals surface area (Å²) in [5.74, 6) is 1.96. The minimum absolute atomic E-state index is 0.363. The second-order valence-corrected chi connectivity index (χ2v) is 9.15. The topological polar surface area (TPSA) is 55.8 Å². The Morgan fingerprint density at radius 2 is 1.96 bits per heavy atom. The van der Waals surface area contributed by atoms with E-state index < -0.39 is 0 Å². The van der Waals surface area contributed by atoms with E-state index in [1.54, 1.807) is 0 Å². The van der Waals surface area contributed by atoms with Crippen LogP contribution in [0.25, 0.3) is 0 Å². The number of aliphatic imine (C=N–C) groups is 1. The Hall–Kier alpha value is -1.82. The van der Waals surface area contributed by atoms with Gasteiger partial charge in [0, 0.05) is 45.0 Å². The molecule has 1 fully saturated rings. The number of likely N-dealkylation sites (N-methyl/N-ethyl adjacent to an activating group) is 1. The van der Waals surface area contributed by atoms with Crippen LogP contribution in [0, 0.1) is 5.41 Å². The fourth-order valence-corrected chi connectivity index (χ4v) is 3.21. The van der Waals surface area contributed by atoms with E-state index in [0.29, 0.717) is 18.0 Å². The van der Waals surface area contributed by atoms with Crippen molar-refractivity contribution in [1.82, 2.24) is 20.5 Å². The van der Waals surface area contributed by atoms with E-state index in [0.717, 1.165) is 50.9 Å². The number of guanidine groups is 1. The summed E-state index contributed by atoms with van der Waals surface area (Å²) in [5, 5.41) is 6.92. The molecule has 2 heterocycles. The highest BCUT2D eigenvalue weighted by Gasteiger charge is 2.16. The van der Waals surface area contributed by atoms with Crippen LogP contribution >= 0.6 is 0 Å². The van der Waals surface area contributed by atoms with Gasteiger partial charge in [-0.1, -0.05) is 20.8 Å². The zero-order valence-corrected chi connectivity index (χ0v) is 18.8. The van der Waals surface area contributed by atoms with E-state index in [4.69, 9.17) is 4.99 Å². The number of piperazine rings is 1. The van der Waals surface area contributed by atoms with Gasteiger partial charge in [-0.15, -0.1) is 0 Å². The normalized spacial score (nSPS) is 17.5. The first kappa shape index (κ1) is 22.5. The molecule has 0 saturated carbocycles. The second kappa shape index (κ2) is 10.6. The van der Waals surface area contributed by atoms with E-state index >= 15 is 0 Å². The van der Waals surface area contributed by atoms with Crippen molar-refractivity contribution in [3.63, 3.8) is 0 Å². The van der Waals surface area contributed by atoms with Crippen LogP contribution in [0.2, 0.25) is 0 Å². The van der Waals surface area contributed by atoms with Crippen LogP contribution in [-0.2, 0) is 6.54 Å². The Morgan fingerprint density at radius 1 is 1.25 bits per heavy atom. The van der Waals surface area contributed by atoms with Gasteiger partial charge in [-0.2, -0.15) is 0 Å². The van der Waals surface area contributed by atoms with Crippen LogP contribution in [0.1, 0.15) is 53.0 Å². The van der Waals surface area contributed by atoms with Crippen LogP contribution in [0.4, 0.5) is 5.82 Å². The molecule has 1 aromatic rings. The van der Waals surface area contributed by atoms with Crippen molar-refractivity contribution >= 4 is 11.8 Å². The van der Waals surface area contributed by atoms with E-state index in [-0.39, 0.29) is 0 Å². The van der Waals surface area contributed by atoms with Gasteiger partial charge < -0.3 is 20.4 Å². The molecular formula is C22H40N6. The van der Waals surface area contributed by atoms with E-state index in [1.807, 2.05) is 6.20 Å². The quantitative estimate of drug-likeness (QED) is 0.555. The molecule has 0 aromatic carbocycles. The number of pyridine rings is 1. The molecule has 0 radical (unpaired) electrons. The zero-order valence-electron chi connectivity index (χ0n) is 18.8. The van der Waals surface area contributed by atoms with E-state index in [9.17, 15) is 0 Å². The van der Waals surface area contributed by atoms with Crippen LogP contribution in [0.15, 0.2) is 23.3 Å². The third kappa shape index (κ3) is 8.05. The van der Waals surface area contributed by atoms with Crippen molar-refractivity contribution in [3.8, 4) is 0 Å². The number of aromatic nitrogens is 1. The lowest BCUT2D eigenvalue weighted by molar-refractivity contribution is 0.312. The lowest BCUT2D eigenvalue weighted by Crippen LogP contribution is -2.44. The molecule has 0 aliphatic carbocycles. The predicted octanol–water partition coefficient (Wildman–Crippen LogP) is 3.10. The summed E-state index contributed by atoms with van der Waals surface area (Å²) in [6.45, 7) is 17.0. The van der Waals surface area contributed by atoms with Gasteiger partial charge in [0.05, 0.1) is 6.54 Å². The molecule has 28 heavy (non-hydrogen) atoms. The van der Waals surface area contributed by atoms with Crippen molar-refractivity contribution in [2.45, 2.75) is 60.0 Å². The molecule has 1 aliphatic rings. The maximum absolute atomic E-state index is 4.81. The first-order chi connectivity index (χ1) is 13.3. The van der Waals surface area contributed by atoms with Gasteiger partial charge in [-0.3, -0.25) is 0 Å². The molecule has 0 bridgehead atoms. The van der Waals surface area contributed by atoms with Crippen molar-refractivity contribution in [2.24, 2.45) is 10.4 Å². The largest absolute Gasteiger partial charge is 0.357 e. The fraction of sp³-hybridized carbons (Fsp3) is 0.727. The second-order valence-electron chi connectivity index (χ2n) is 9.15. The molecule has 0 spiro atoms. The van der Waals surface area contributed by atoms with Crippen LogP contribution in [0.5, 0.6) is 0 Å². The van der Waals surface area contributed by atoms with Gasteiger partial charge in [0.1, 0.15) is 5.82 Å². The van der Waals surface area contributed by atoms with Gasteiger partial charge in [0.25, 0.3) is 0 Å². The molecule has 1 saturated heterocycles. The summed E-state index contributed by atoms with van der Waals surface area (Å²) in [7, 11) is 2.17. The first-order valence-corrected chi connectivity index (χ1v) is 10.7. The smallest absolute Gasteiger partial charge is 0.191 e. The van der Waals surface area contributed by atoms with E-state index in [1.165, 1.54) is 12.0 Å². The molecule has 1 aromatic heterocycles. The minimum atomic E-state index is 0.363. The predicted molar refractivity (Wildman–Crippen MR) is 120 cm³/mol. The third-order valence-electron chi connectivity index (χ3n) is 5.11. The molecule has 158 valence electrons. The third-order valence-corrected chi connectivity index (χ3v) is 5.11. The molecule has 1 aliphatic heterocycles. The molecule has 2 N–H and O–H groups in total. The molecule has 6 heteroatoms. The van der Waals surface area contributed by atoms with Crippen molar-refractivity contribution < 1.29 is 0 Å². The summed E-state index contributed by atoms with van der Waals surface area (Å²) in [5.41, 5.74) is 1.56. The molecule has 6 nitrogen and oxygen atoms in total. The van der Waals surface area contributed by atoms with Crippen molar-refractivity contribution in [1.29, 1.82) is 0 Å². The molecular weight excluding hydrogens is 348 g/mol. The van der Waals surface area contributed by atoms with Crippen molar-refractivity contribution in [3.05, 3.63) is 23.9 Å². The Balaban J connectivity index is 1.95. The summed E-state index contributed by atoms with van der Waals surface area (Å²) < 4.78 is 0. The monoisotopic (exact) mass is 388 g/mol. The first-order valence-electron chi connectivity index (χ1n) is 10.7. The Kier molecular flexibility index (Phi) is 8.55. The lowest BCUT2D eigenvalue weighted by atomic mass is 9.89. The Bertz CT molecular complexity index is 614.